The lowest BCUT2D eigenvalue weighted by Gasteiger charge is -2.05. The van der Waals surface area contributed by atoms with Crippen molar-refractivity contribution in [3.8, 4) is 0 Å². The lowest BCUT2D eigenvalue weighted by Crippen LogP contribution is -2.28. The van der Waals surface area contributed by atoms with Crippen LogP contribution in [0.4, 0.5) is 5.69 Å². The normalized spacial score (nSPS) is 11.1. The molecule has 0 bridgehead atoms. The van der Waals surface area contributed by atoms with E-state index in [-0.39, 0.29) is 18.4 Å². The van der Waals surface area contributed by atoms with E-state index in [1.54, 1.807) is 18.4 Å². The number of amides is 1. The Bertz CT molecular complexity index is 564. The Balaban J connectivity index is 1.75. The summed E-state index contributed by atoms with van der Waals surface area (Å²) in [6, 6.07) is 12.9. The Morgan fingerprint density at radius 2 is 2.00 bits per heavy atom. The third-order valence-corrected chi connectivity index (χ3v) is 2.48. The standard InChI is InChI=1S/C14H16N4O2/c15-14(18-11-5-2-1-3-6-11)17-10-13(19)16-9-12-7-4-8-20-12/h1-8H,9-10H2,(H,16,19)(H3,15,17,18). The molecule has 0 spiro atoms. The van der Waals surface area contributed by atoms with Gasteiger partial charge in [-0.1, -0.05) is 18.2 Å². The van der Waals surface area contributed by atoms with Crippen LogP contribution < -0.4 is 16.4 Å². The Morgan fingerprint density at radius 1 is 1.20 bits per heavy atom. The van der Waals surface area contributed by atoms with Gasteiger partial charge in [-0.15, -0.1) is 0 Å². The summed E-state index contributed by atoms with van der Waals surface area (Å²) in [6.07, 6.45) is 1.56. The molecule has 1 heterocycles. The van der Waals surface area contributed by atoms with Gasteiger partial charge in [0.05, 0.1) is 12.8 Å². The average molecular weight is 272 g/mol. The fourth-order valence-electron chi connectivity index (χ4n) is 1.52. The molecule has 4 N–H and O–H groups in total. The number of hydrogen-bond acceptors (Lipinski definition) is 3. The Hall–Kier alpha value is -2.76. The van der Waals surface area contributed by atoms with Gasteiger partial charge in [0, 0.05) is 5.69 Å². The second kappa shape index (κ2) is 6.98. The number of nitrogens with one attached hydrogen (secondary N) is 2. The highest BCUT2D eigenvalue weighted by molar-refractivity contribution is 5.93. The van der Waals surface area contributed by atoms with Crippen LogP contribution in [0, 0.1) is 0 Å². The number of nitrogens with two attached hydrogens (primary N) is 1. The smallest absolute Gasteiger partial charge is 0.242 e. The van der Waals surface area contributed by atoms with Crippen molar-refractivity contribution in [2.75, 3.05) is 11.9 Å². The zero-order valence-corrected chi connectivity index (χ0v) is 10.9. The van der Waals surface area contributed by atoms with E-state index in [1.165, 1.54) is 0 Å². The maximum absolute atomic E-state index is 11.6. The van der Waals surface area contributed by atoms with Crippen molar-refractivity contribution in [2.24, 2.45) is 10.7 Å². The largest absolute Gasteiger partial charge is 0.467 e. The average Bonchev–Trinajstić information content (AvgIpc) is 2.97. The highest BCUT2D eigenvalue weighted by Gasteiger charge is 2.02. The molecule has 2 rings (SSSR count). The quantitative estimate of drug-likeness (QED) is 0.565. The van der Waals surface area contributed by atoms with Crippen LogP contribution in [0.5, 0.6) is 0 Å². The van der Waals surface area contributed by atoms with Crippen molar-refractivity contribution in [1.82, 2.24) is 5.32 Å². The molecule has 0 aliphatic heterocycles. The van der Waals surface area contributed by atoms with Crippen LogP contribution in [0.1, 0.15) is 5.76 Å². The minimum Gasteiger partial charge on any atom is -0.467 e. The Morgan fingerprint density at radius 3 is 2.70 bits per heavy atom. The van der Waals surface area contributed by atoms with Crippen LogP contribution in [0.25, 0.3) is 0 Å². The number of nitrogens with zero attached hydrogens (tertiary/aromatic N) is 1. The van der Waals surface area contributed by atoms with E-state index in [2.05, 4.69) is 15.6 Å². The van der Waals surface area contributed by atoms with Gasteiger partial charge in [-0.05, 0) is 24.3 Å². The first-order chi connectivity index (χ1) is 9.74. The molecule has 1 aromatic carbocycles. The van der Waals surface area contributed by atoms with Gasteiger partial charge in [-0.2, -0.15) is 0 Å². The summed E-state index contributed by atoms with van der Waals surface area (Å²) in [5.41, 5.74) is 6.51. The number of hydrogen-bond donors (Lipinski definition) is 3. The summed E-state index contributed by atoms with van der Waals surface area (Å²) in [5, 5.41) is 5.58. The second-order valence-corrected chi connectivity index (χ2v) is 4.05. The van der Waals surface area contributed by atoms with Crippen molar-refractivity contribution in [3.05, 3.63) is 54.5 Å². The molecule has 0 radical (unpaired) electrons. The molecule has 0 saturated carbocycles. The third kappa shape index (κ3) is 4.49. The first-order valence-corrected chi connectivity index (χ1v) is 6.15. The summed E-state index contributed by atoms with van der Waals surface area (Å²) >= 11 is 0. The number of aliphatic imine (C=N–C) groups is 1. The highest BCUT2D eigenvalue weighted by atomic mass is 16.3. The number of para-hydroxylation sites is 1. The molecular formula is C14H16N4O2. The predicted molar refractivity (Wildman–Crippen MR) is 77.1 cm³/mol. The molecule has 0 fully saturated rings. The van der Waals surface area contributed by atoms with Crippen molar-refractivity contribution >= 4 is 17.6 Å². The van der Waals surface area contributed by atoms with E-state index in [9.17, 15) is 4.79 Å². The molecule has 0 saturated heterocycles. The van der Waals surface area contributed by atoms with E-state index in [0.29, 0.717) is 12.3 Å². The number of anilines is 1. The van der Waals surface area contributed by atoms with Gasteiger partial charge in [0.2, 0.25) is 5.91 Å². The van der Waals surface area contributed by atoms with Gasteiger partial charge in [0.1, 0.15) is 12.3 Å². The molecule has 0 aliphatic carbocycles. The van der Waals surface area contributed by atoms with Gasteiger partial charge >= 0.3 is 0 Å². The monoisotopic (exact) mass is 272 g/mol. The third-order valence-electron chi connectivity index (χ3n) is 2.48. The van der Waals surface area contributed by atoms with Crippen LogP contribution in [0.2, 0.25) is 0 Å². The zero-order valence-electron chi connectivity index (χ0n) is 10.9. The van der Waals surface area contributed by atoms with Gasteiger partial charge in [-0.3, -0.25) is 4.79 Å². The topological polar surface area (TPSA) is 92.6 Å². The zero-order chi connectivity index (χ0) is 14.2. The van der Waals surface area contributed by atoms with Crippen LogP contribution in [-0.2, 0) is 11.3 Å². The molecule has 0 atom stereocenters. The number of guanidine groups is 1. The summed E-state index contributed by atoms with van der Waals surface area (Å²) in [7, 11) is 0. The van der Waals surface area contributed by atoms with Gasteiger partial charge in [0.25, 0.3) is 0 Å². The molecule has 20 heavy (non-hydrogen) atoms. The minimum absolute atomic E-state index is 0.0353. The molecule has 2 aromatic rings. The second-order valence-electron chi connectivity index (χ2n) is 4.05. The van der Waals surface area contributed by atoms with Crippen LogP contribution in [-0.4, -0.2) is 18.4 Å². The van der Waals surface area contributed by atoms with E-state index in [4.69, 9.17) is 10.2 Å². The molecule has 0 unspecified atom stereocenters. The van der Waals surface area contributed by atoms with E-state index < -0.39 is 0 Å². The highest BCUT2D eigenvalue weighted by Crippen LogP contribution is 2.03. The van der Waals surface area contributed by atoms with Crippen LogP contribution >= 0.6 is 0 Å². The molecule has 104 valence electrons. The summed E-state index contributed by atoms with van der Waals surface area (Å²) in [5.74, 6) is 0.668. The maximum Gasteiger partial charge on any atom is 0.242 e. The molecule has 0 aliphatic rings. The fourth-order valence-corrected chi connectivity index (χ4v) is 1.52. The van der Waals surface area contributed by atoms with Crippen molar-refractivity contribution < 1.29 is 9.21 Å². The summed E-state index contributed by atoms with van der Waals surface area (Å²) in [4.78, 5) is 15.5. The van der Waals surface area contributed by atoms with Gasteiger partial charge in [0.15, 0.2) is 5.96 Å². The number of carbonyl (C=O) groups is 1. The lowest BCUT2D eigenvalue weighted by molar-refractivity contribution is -0.119. The number of furan rings is 1. The van der Waals surface area contributed by atoms with Crippen molar-refractivity contribution in [3.63, 3.8) is 0 Å². The fraction of sp³-hybridized carbons (Fsp3) is 0.143. The van der Waals surface area contributed by atoms with Crippen molar-refractivity contribution in [2.45, 2.75) is 6.54 Å². The van der Waals surface area contributed by atoms with Gasteiger partial charge in [-0.25, -0.2) is 4.99 Å². The minimum atomic E-state index is -0.223. The number of carbonyl (C=O) groups excluding carboxylic acids is 1. The Labute approximate surface area is 116 Å². The SMILES string of the molecule is NC(=NCC(=O)NCc1ccco1)Nc1ccccc1. The molecule has 1 aromatic heterocycles. The first-order valence-electron chi connectivity index (χ1n) is 6.15. The van der Waals surface area contributed by atoms with E-state index >= 15 is 0 Å². The Kier molecular flexibility index (Phi) is 4.77. The molecule has 1 amide bonds. The lowest BCUT2D eigenvalue weighted by atomic mass is 10.3. The van der Waals surface area contributed by atoms with Crippen molar-refractivity contribution in [1.29, 1.82) is 0 Å². The van der Waals surface area contributed by atoms with Crippen LogP contribution in [0.15, 0.2) is 58.1 Å². The van der Waals surface area contributed by atoms with E-state index in [1.807, 2.05) is 30.3 Å². The number of benzene rings is 1. The summed E-state index contributed by atoms with van der Waals surface area (Å²) in [6.45, 7) is 0.305. The molecule has 6 heteroatoms. The summed E-state index contributed by atoms with van der Waals surface area (Å²) < 4.78 is 5.10. The molecule has 6 nitrogen and oxygen atoms in total. The van der Waals surface area contributed by atoms with Crippen LogP contribution in [0.3, 0.4) is 0 Å². The maximum atomic E-state index is 11.6. The predicted octanol–water partition coefficient (Wildman–Crippen LogP) is 1.32. The number of rotatable bonds is 5. The van der Waals surface area contributed by atoms with E-state index in [0.717, 1.165) is 5.69 Å². The molecular weight excluding hydrogens is 256 g/mol. The van der Waals surface area contributed by atoms with Gasteiger partial charge < -0.3 is 20.8 Å². The first kappa shape index (κ1) is 13.7.